The Bertz CT molecular complexity index is 198. The molecule has 1 saturated carbocycles. The van der Waals surface area contributed by atoms with Crippen molar-refractivity contribution in [1.82, 2.24) is 5.32 Å². The van der Waals surface area contributed by atoms with E-state index in [2.05, 4.69) is 37.8 Å². The van der Waals surface area contributed by atoms with Crippen molar-refractivity contribution in [2.45, 2.75) is 52.1 Å². The average Bonchev–Trinajstić information content (AvgIpc) is 2.91. The fraction of sp³-hybridized carbons (Fsp3) is 1.00. The highest BCUT2D eigenvalue weighted by Crippen LogP contribution is 2.37. The summed E-state index contributed by atoms with van der Waals surface area (Å²) in [7, 11) is 0. The van der Waals surface area contributed by atoms with Gasteiger partial charge in [-0.25, -0.2) is 0 Å². The minimum atomic E-state index is 0.508. The normalized spacial score (nSPS) is 34.1. The zero-order chi connectivity index (χ0) is 10.2. The van der Waals surface area contributed by atoms with Crippen molar-refractivity contribution in [3.63, 3.8) is 0 Å². The molecule has 0 aromatic rings. The first-order valence-electron chi connectivity index (χ1n) is 5.93. The van der Waals surface area contributed by atoms with Gasteiger partial charge in [-0.1, -0.05) is 13.8 Å². The Morgan fingerprint density at radius 3 is 2.64 bits per heavy atom. The molecule has 2 heteroatoms. The molecule has 1 aliphatic carbocycles. The van der Waals surface area contributed by atoms with Gasteiger partial charge in [0.25, 0.3) is 0 Å². The SMILES string of the molecule is CC(NC1CSCCC1(C)C)C1CC1. The van der Waals surface area contributed by atoms with Gasteiger partial charge < -0.3 is 5.32 Å². The Balaban J connectivity index is 1.87. The summed E-state index contributed by atoms with van der Waals surface area (Å²) < 4.78 is 0. The van der Waals surface area contributed by atoms with Gasteiger partial charge in [-0.3, -0.25) is 0 Å². The van der Waals surface area contributed by atoms with Crippen LogP contribution in [0.3, 0.4) is 0 Å². The Hall–Kier alpha value is 0.310. The third kappa shape index (κ3) is 2.46. The zero-order valence-electron chi connectivity index (χ0n) is 9.68. The highest BCUT2D eigenvalue weighted by Gasteiger charge is 2.36. The Morgan fingerprint density at radius 2 is 2.07 bits per heavy atom. The monoisotopic (exact) mass is 213 g/mol. The van der Waals surface area contributed by atoms with Crippen molar-refractivity contribution >= 4 is 11.8 Å². The maximum absolute atomic E-state index is 3.85. The molecule has 1 N–H and O–H groups in total. The quantitative estimate of drug-likeness (QED) is 0.773. The molecule has 2 rings (SSSR count). The first kappa shape index (κ1) is 10.8. The van der Waals surface area contributed by atoms with E-state index in [0.717, 1.165) is 18.0 Å². The van der Waals surface area contributed by atoms with E-state index >= 15 is 0 Å². The van der Waals surface area contributed by atoms with Gasteiger partial charge in [0, 0.05) is 17.8 Å². The summed E-state index contributed by atoms with van der Waals surface area (Å²) >= 11 is 2.12. The summed E-state index contributed by atoms with van der Waals surface area (Å²) in [5.74, 6) is 3.64. The molecule has 0 spiro atoms. The standard InChI is InChI=1S/C12H23NS/c1-9(10-4-5-10)13-11-8-14-7-6-12(11,2)3/h9-11,13H,4-8H2,1-3H3. The molecule has 0 aromatic heterocycles. The minimum absolute atomic E-state index is 0.508. The lowest BCUT2D eigenvalue weighted by atomic mass is 9.82. The molecule has 0 radical (unpaired) electrons. The van der Waals surface area contributed by atoms with Crippen LogP contribution < -0.4 is 5.32 Å². The van der Waals surface area contributed by atoms with E-state index in [1.807, 2.05) is 0 Å². The lowest BCUT2D eigenvalue weighted by Gasteiger charge is -2.40. The van der Waals surface area contributed by atoms with Gasteiger partial charge in [0.15, 0.2) is 0 Å². The van der Waals surface area contributed by atoms with Crippen molar-refractivity contribution in [1.29, 1.82) is 0 Å². The maximum Gasteiger partial charge on any atom is 0.0212 e. The van der Waals surface area contributed by atoms with Crippen molar-refractivity contribution < 1.29 is 0 Å². The number of hydrogen-bond donors (Lipinski definition) is 1. The van der Waals surface area contributed by atoms with Crippen LogP contribution in [0.1, 0.15) is 40.0 Å². The Morgan fingerprint density at radius 1 is 1.36 bits per heavy atom. The van der Waals surface area contributed by atoms with Gasteiger partial charge in [0.2, 0.25) is 0 Å². The Labute approximate surface area is 92.4 Å². The lowest BCUT2D eigenvalue weighted by molar-refractivity contribution is 0.225. The van der Waals surface area contributed by atoms with Gasteiger partial charge in [-0.05, 0) is 43.3 Å². The third-order valence-electron chi connectivity index (χ3n) is 3.91. The summed E-state index contributed by atoms with van der Waals surface area (Å²) in [6.07, 6.45) is 4.27. The first-order valence-corrected chi connectivity index (χ1v) is 7.09. The molecule has 0 bridgehead atoms. The van der Waals surface area contributed by atoms with Gasteiger partial charge >= 0.3 is 0 Å². The summed E-state index contributed by atoms with van der Waals surface area (Å²) in [5.41, 5.74) is 0.508. The van der Waals surface area contributed by atoms with Crippen LogP contribution in [0, 0.1) is 11.3 Å². The van der Waals surface area contributed by atoms with E-state index in [1.54, 1.807) is 0 Å². The van der Waals surface area contributed by atoms with Crippen molar-refractivity contribution in [2.75, 3.05) is 11.5 Å². The third-order valence-corrected chi connectivity index (χ3v) is 4.97. The highest BCUT2D eigenvalue weighted by atomic mass is 32.2. The van der Waals surface area contributed by atoms with Gasteiger partial charge in [0.05, 0.1) is 0 Å². The van der Waals surface area contributed by atoms with E-state index in [-0.39, 0.29) is 0 Å². The number of rotatable bonds is 3. The van der Waals surface area contributed by atoms with Crippen molar-refractivity contribution in [2.24, 2.45) is 11.3 Å². The number of hydrogen-bond acceptors (Lipinski definition) is 2. The second-order valence-electron chi connectivity index (χ2n) is 5.66. The predicted octanol–water partition coefficient (Wildman–Crippen LogP) is 2.91. The number of nitrogens with one attached hydrogen (secondary N) is 1. The van der Waals surface area contributed by atoms with Crippen molar-refractivity contribution in [3.05, 3.63) is 0 Å². The summed E-state index contributed by atoms with van der Waals surface area (Å²) in [5, 5.41) is 3.85. The molecule has 1 saturated heterocycles. The molecule has 0 amide bonds. The van der Waals surface area contributed by atoms with Gasteiger partial charge in [0.1, 0.15) is 0 Å². The van der Waals surface area contributed by atoms with Crippen LogP contribution >= 0.6 is 11.8 Å². The Kier molecular flexibility index (Phi) is 3.13. The average molecular weight is 213 g/mol. The molecule has 2 fully saturated rings. The molecule has 1 heterocycles. The number of thioether (sulfide) groups is 1. The largest absolute Gasteiger partial charge is 0.310 e. The fourth-order valence-electron chi connectivity index (χ4n) is 2.26. The second-order valence-corrected chi connectivity index (χ2v) is 6.81. The molecule has 1 aliphatic heterocycles. The van der Waals surface area contributed by atoms with Crippen LogP contribution in [0.2, 0.25) is 0 Å². The smallest absolute Gasteiger partial charge is 0.0212 e. The van der Waals surface area contributed by atoms with Crippen molar-refractivity contribution in [3.8, 4) is 0 Å². The summed E-state index contributed by atoms with van der Waals surface area (Å²) in [4.78, 5) is 0. The molecule has 2 unspecified atom stereocenters. The van der Waals surface area contributed by atoms with Crippen LogP contribution in [0.15, 0.2) is 0 Å². The molecule has 14 heavy (non-hydrogen) atoms. The van der Waals surface area contributed by atoms with E-state index in [1.165, 1.54) is 30.8 Å². The zero-order valence-corrected chi connectivity index (χ0v) is 10.5. The molecular formula is C12H23NS. The van der Waals surface area contributed by atoms with Crippen LogP contribution in [0.4, 0.5) is 0 Å². The van der Waals surface area contributed by atoms with E-state index < -0.39 is 0 Å². The molecule has 2 atom stereocenters. The molecule has 0 aromatic carbocycles. The van der Waals surface area contributed by atoms with Crippen LogP contribution in [-0.4, -0.2) is 23.6 Å². The first-order chi connectivity index (χ1) is 6.59. The summed E-state index contributed by atoms with van der Waals surface area (Å²) in [6, 6.07) is 1.48. The van der Waals surface area contributed by atoms with Gasteiger partial charge in [-0.15, -0.1) is 0 Å². The lowest BCUT2D eigenvalue weighted by Crippen LogP contribution is -2.50. The fourth-order valence-corrected chi connectivity index (χ4v) is 3.88. The van der Waals surface area contributed by atoms with Crippen LogP contribution in [-0.2, 0) is 0 Å². The highest BCUT2D eigenvalue weighted by molar-refractivity contribution is 7.99. The van der Waals surface area contributed by atoms with E-state index in [4.69, 9.17) is 0 Å². The molecule has 82 valence electrons. The minimum Gasteiger partial charge on any atom is -0.310 e. The van der Waals surface area contributed by atoms with E-state index in [0.29, 0.717) is 5.41 Å². The second kappa shape index (κ2) is 4.05. The molecular weight excluding hydrogens is 190 g/mol. The van der Waals surface area contributed by atoms with Crippen LogP contribution in [0.5, 0.6) is 0 Å². The molecule has 2 aliphatic rings. The maximum atomic E-state index is 3.85. The summed E-state index contributed by atoms with van der Waals surface area (Å²) in [6.45, 7) is 7.21. The van der Waals surface area contributed by atoms with Crippen LogP contribution in [0.25, 0.3) is 0 Å². The van der Waals surface area contributed by atoms with Gasteiger partial charge in [-0.2, -0.15) is 11.8 Å². The topological polar surface area (TPSA) is 12.0 Å². The molecule has 1 nitrogen and oxygen atoms in total. The van der Waals surface area contributed by atoms with E-state index in [9.17, 15) is 0 Å². The predicted molar refractivity (Wildman–Crippen MR) is 64.8 cm³/mol.